The highest BCUT2D eigenvalue weighted by atomic mass is 35.5. The van der Waals surface area contributed by atoms with Gasteiger partial charge in [0.25, 0.3) is 0 Å². The molecule has 0 radical (unpaired) electrons. The molecule has 2 N–H and O–H groups in total. The van der Waals surface area contributed by atoms with E-state index in [-0.39, 0.29) is 6.04 Å². The maximum atomic E-state index is 6.02. The van der Waals surface area contributed by atoms with E-state index in [1.165, 1.54) is 5.56 Å². The van der Waals surface area contributed by atoms with Gasteiger partial charge in [-0.15, -0.1) is 0 Å². The first kappa shape index (κ1) is 18.3. The molecule has 0 bridgehead atoms. The minimum absolute atomic E-state index is 0.274. The summed E-state index contributed by atoms with van der Waals surface area (Å²) in [7, 11) is 5.95. The first-order chi connectivity index (χ1) is 11.6. The van der Waals surface area contributed by atoms with Crippen LogP contribution in [-0.2, 0) is 6.54 Å². The van der Waals surface area contributed by atoms with Gasteiger partial charge in [-0.3, -0.25) is 4.99 Å². The monoisotopic (exact) mass is 344 g/mol. The molecule has 0 saturated heterocycles. The number of guanidine groups is 1. The number of aliphatic imine (C=N–C) groups is 1. The molecule has 24 heavy (non-hydrogen) atoms. The molecule has 0 aliphatic heterocycles. The number of nitrogens with zero attached hydrogens (tertiary/aromatic N) is 2. The molecular formula is C19H25ClN4. The molecule has 0 saturated carbocycles. The number of benzene rings is 2. The summed E-state index contributed by atoms with van der Waals surface area (Å²) in [5.74, 6) is 0.776. The Kier molecular flexibility index (Phi) is 7.09. The lowest BCUT2D eigenvalue weighted by atomic mass is 10.1. The summed E-state index contributed by atoms with van der Waals surface area (Å²) < 4.78 is 0. The average molecular weight is 345 g/mol. The van der Waals surface area contributed by atoms with Crippen molar-refractivity contribution in [1.29, 1.82) is 0 Å². The third-order valence-electron chi connectivity index (χ3n) is 3.84. The normalized spacial score (nSPS) is 13.0. The van der Waals surface area contributed by atoms with Crippen molar-refractivity contribution >= 4 is 17.6 Å². The van der Waals surface area contributed by atoms with Gasteiger partial charge in [0.1, 0.15) is 0 Å². The largest absolute Gasteiger partial charge is 0.354 e. The van der Waals surface area contributed by atoms with Gasteiger partial charge in [-0.25, -0.2) is 0 Å². The van der Waals surface area contributed by atoms with Crippen molar-refractivity contribution in [3.8, 4) is 0 Å². The van der Waals surface area contributed by atoms with Crippen molar-refractivity contribution in [3.05, 3.63) is 70.7 Å². The molecular weight excluding hydrogens is 320 g/mol. The Bertz CT molecular complexity index is 655. The second kappa shape index (κ2) is 9.30. The Morgan fingerprint density at radius 3 is 2.46 bits per heavy atom. The third kappa shape index (κ3) is 5.55. The number of nitrogens with one attached hydrogen (secondary N) is 2. The zero-order valence-electron chi connectivity index (χ0n) is 14.5. The fraction of sp³-hybridized carbons (Fsp3) is 0.316. The predicted octanol–water partition coefficient (Wildman–Crippen LogP) is 3.31. The van der Waals surface area contributed by atoms with Crippen LogP contribution in [0.2, 0.25) is 5.02 Å². The number of likely N-dealkylation sites (N-methyl/N-ethyl adjacent to an activating group) is 1. The van der Waals surface area contributed by atoms with Gasteiger partial charge in [-0.05, 0) is 37.4 Å². The van der Waals surface area contributed by atoms with Gasteiger partial charge in [-0.2, -0.15) is 0 Å². The van der Waals surface area contributed by atoms with Crippen LogP contribution in [0.15, 0.2) is 59.6 Å². The van der Waals surface area contributed by atoms with Crippen LogP contribution in [0.1, 0.15) is 17.2 Å². The Hall–Kier alpha value is -2.04. The summed E-state index contributed by atoms with van der Waals surface area (Å²) in [4.78, 5) is 6.49. The van der Waals surface area contributed by atoms with E-state index in [4.69, 9.17) is 11.6 Å². The first-order valence-electron chi connectivity index (χ1n) is 8.00. The van der Waals surface area contributed by atoms with Crippen molar-refractivity contribution in [3.63, 3.8) is 0 Å². The topological polar surface area (TPSA) is 39.7 Å². The number of halogens is 1. The highest BCUT2D eigenvalue weighted by molar-refractivity contribution is 6.30. The van der Waals surface area contributed by atoms with Crippen molar-refractivity contribution in [2.45, 2.75) is 12.6 Å². The predicted molar refractivity (Wildman–Crippen MR) is 103 cm³/mol. The first-order valence-corrected chi connectivity index (χ1v) is 8.38. The number of hydrogen-bond acceptors (Lipinski definition) is 2. The van der Waals surface area contributed by atoms with Gasteiger partial charge in [0, 0.05) is 25.2 Å². The zero-order valence-corrected chi connectivity index (χ0v) is 15.2. The van der Waals surface area contributed by atoms with Gasteiger partial charge in [0.15, 0.2) is 5.96 Å². The molecule has 1 atom stereocenters. The molecule has 0 aliphatic carbocycles. The molecule has 0 spiro atoms. The SMILES string of the molecule is CN=C(NCc1cccc(Cl)c1)NCC(c1ccccc1)N(C)C. The highest BCUT2D eigenvalue weighted by Gasteiger charge is 2.14. The second-order valence-electron chi connectivity index (χ2n) is 5.83. The van der Waals surface area contributed by atoms with Crippen LogP contribution in [-0.4, -0.2) is 38.5 Å². The van der Waals surface area contributed by atoms with Crippen molar-refractivity contribution in [2.24, 2.45) is 4.99 Å². The molecule has 4 nitrogen and oxygen atoms in total. The third-order valence-corrected chi connectivity index (χ3v) is 4.08. The summed E-state index contributed by atoms with van der Waals surface area (Å²) in [5.41, 5.74) is 2.40. The van der Waals surface area contributed by atoms with Crippen LogP contribution >= 0.6 is 11.6 Å². The van der Waals surface area contributed by atoms with E-state index in [2.05, 4.69) is 58.9 Å². The Labute approximate surface area is 149 Å². The minimum atomic E-state index is 0.274. The smallest absolute Gasteiger partial charge is 0.191 e. The number of hydrogen-bond donors (Lipinski definition) is 2. The summed E-state index contributed by atoms with van der Waals surface area (Å²) in [6, 6.07) is 18.6. The standard InChI is InChI=1S/C19H25ClN4/c1-21-19(22-13-15-8-7-11-17(20)12-15)23-14-18(24(2)3)16-9-5-4-6-10-16/h4-12,18H,13-14H2,1-3H3,(H2,21,22,23). The highest BCUT2D eigenvalue weighted by Crippen LogP contribution is 2.16. The Balaban J connectivity index is 1.92. The van der Waals surface area contributed by atoms with Crippen molar-refractivity contribution in [2.75, 3.05) is 27.7 Å². The van der Waals surface area contributed by atoms with E-state index in [1.807, 2.05) is 30.3 Å². The Morgan fingerprint density at radius 1 is 1.08 bits per heavy atom. The molecule has 2 rings (SSSR count). The van der Waals surface area contributed by atoms with Crippen molar-refractivity contribution < 1.29 is 0 Å². The molecule has 2 aromatic rings. The van der Waals surface area contributed by atoms with Gasteiger partial charge < -0.3 is 15.5 Å². The van der Waals surface area contributed by atoms with Crippen LogP contribution in [0.25, 0.3) is 0 Å². The fourth-order valence-corrected chi connectivity index (χ4v) is 2.73. The summed E-state index contributed by atoms with van der Waals surface area (Å²) >= 11 is 6.02. The van der Waals surface area contributed by atoms with Gasteiger partial charge in [-0.1, -0.05) is 54.1 Å². The lowest BCUT2D eigenvalue weighted by Crippen LogP contribution is -2.41. The van der Waals surface area contributed by atoms with E-state index in [0.29, 0.717) is 6.54 Å². The molecule has 5 heteroatoms. The zero-order chi connectivity index (χ0) is 17.4. The maximum absolute atomic E-state index is 6.02. The average Bonchev–Trinajstić information content (AvgIpc) is 2.58. The summed E-state index contributed by atoms with van der Waals surface area (Å²) in [6.07, 6.45) is 0. The van der Waals surface area contributed by atoms with Gasteiger partial charge in [0.05, 0.1) is 6.04 Å². The fourth-order valence-electron chi connectivity index (χ4n) is 2.52. The molecule has 0 aliphatic rings. The molecule has 128 valence electrons. The van der Waals surface area contributed by atoms with E-state index in [0.717, 1.165) is 23.1 Å². The number of rotatable bonds is 6. The van der Waals surface area contributed by atoms with E-state index < -0.39 is 0 Å². The molecule has 0 heterocycles. The van der Waals surface area contributed by atoms with Crippen LogP contribution < -0.4 is 10.6 Å². The molecule has 0 fully saturated rings. The van der Waals surface area contributed by atoms with Crippen LogP contribution in [0, 0.1) is 0 Å². The molecule has 1 unspecified atom stereocenters. The molecule has 0 aromatic heterocycles. The molecule has 2 aromatic carbocycles. The Morgan fingerprint density at radius 2 is 1.83 bits per heavy atom. The minimum Gasteiger partial charge on any atom is -0.354 e. The van der Waals surface area contributed by atoms with E-state index in [1.54, 1.807) is 7.05 Å². The van der Waals surface area contributed by atoms with Crippen LogP contribution in [0.4, 0.5) is 0 Å². The summed E-state index contributed by atoms with van der Waals surface area (Å²) in [6.45, 7) is 1.45. The quantitative estimate of drug-likeness (QED) is 0.624. The maximum Gasteiger partial charge on any atom is 0.191 e. The van der Waals surface area contributed by atoms with Crippen molar-refractivity contribution in [1.82, 2.24) is 15.5 Å². The summed E-state index contributed by atoms with van der Waals surface area (Å²) in [5, 5.41) is 7.46. The lowest BCUT2D eigenvalue weighted by molar-refractivity contribution is 0.298. The molecule has 0 amide bonds. The van der Waals surface area contributed by atoms with Crippen LogP contribution in [0.5, 0.6) is 0 Å². The van der Waals surface area contributed by atoms with E-state index in [9.17, 15) is 0 Å². The van der Waals surface area contributed by atoms with Crippen LogP contribution in [0.3, 0.4) is 0 Å². The second-order valence-corrected chi connectivity index (χ2v) is 6.26. The lowest BCUT2D eigenvalue weighted by Gasteiger charge is -2.26. The van der Waals surface area contributed by atoms with Gasteiger partial charge in [0.2, 0.25) is 0 Å². The van der Waals surface area contributed by atoms with Gasteiger partial charge >= 0.3 is 0 Å². The van der Waals surface area contributed by atoms with E-state index >= 15 is 0 Å².